The molecule has 8 nitrogen and oxygen atoms in total. The molecule has 0 spiro atoms. The second kappa shape index (κ2) is 8.34. The summed E-state index contributed by atoms with van der Waals surface area (Å²) in [6.07, 6.45) is 1.55. The van der Waals surface area contributed by atoms with E-state index in [2.05, 4.69) is 15.6 Å². The van der Waals surface area contributed by atoms with E-state index in [0.717, 1.165) is 5.56 Å². The van der Waals surface area contributed by atoms with Crippen LogP contribution in [-0.2, 0) is 4.79 Å². The Morgan fingerprint density at radius 1 is 1.18 bits per heavy atom. The standard InChI is InChI=1S/C24H21FN4O4/c1-12-21(26-14(3)22(12)29(32)33)11-19-18-10-16(6-9-20(18)28-24(19)31)23(30)27-13(2)15-4-7-17(25)8-5-15/h4-11,13,26H,1-3H3,(H,27,30)(H,28,31)/b19-11-/t13-/m1/s1. The second-order valence-electron chi connectivity index (χ2n) is 7.91. The molecule has 3 aromatic rings. The largest absolute Gasteiger partial charge is 0.353 e. The lowest BCUT2D eigenvalue weighted by Crippen LogP contribution is -2.26. The predicted octanol–water partition coefficient (Wildman–Crippen LogP) is 4.66. The Hall–Kier alpha value is -4.27. The van der Waals surface area contributed by atoms with Crippen molar-refractivity contribution in [1.82, 2.24) is 10.3 Å². The molecule has 0 radical (unpaired) electrons. The van der Waals surface area contributed by atoms with E-state index in [4.69, 9.17) is 0 Å². The molecule has 0 aliphatic carbocycles. The molecule has 1 atom stereocenters. The lowest BCUT2D eigenvalue weighted by Gasteiger charge is -2.15. The van der Waals surface area contributed by atoms with Gasteiger partial charge < -0.3 is 15.6 Å². The number of aromatic nitrogens is 1. The lowest BCUT2D eigenvalue weighted by molar-refractivity contribution is -0.385. The molecule has 1 aliphatic heterocycles. The Morgan fingerprint density at radius 3 is 2.52 bits per heavy atom. The van der Waals surface area contributed by atoms with E-state index in [9.17, 15) is 24.1 Å². The number of benzene rings is 2. The number of hydrogen-bond acceptors (Lipinski definition) is 4. The molecule has 4 rings (SSSR count). The van der Waals surface area contributed by atoms with Gasteiger partial charge in [0.05, 0.1) is 27.8 Å². The molecule has 2 aromatic carbocycles. The Balaban J connectivity index is 1.64. The van der Waals surface area contributed by atoms with Crippen molar-refractivity contribution in [2.24, 2.45) is 0 Å². The summed E-state index contributed by atoms with van der Waals surface area (Å²) in [5.41, 5.74) is 3.71. The molecular formula is C24H21FN4O4. The van der Waals surface area contributed by atoms with Crippen LogP contribution in [-0.4, -0.2) is 21.7 Å². The maximum atomic E-state index is 13.2. The van der Waals surface area contributed by atoms with Crippen molar-refractivity contribution in [1.29, 1.82) is 0 Å². The van der Waals surface area contributed by atoms with Crippen molar-refractivity contribution < 1.29 is 18.9 Å². The van der Waals surface area contributed by atoms with Gasteiger partial charge in [0.15, 0.2) is 0 Å². The summed E-state index contributed by atoms with van der Waals surface area (Å²) in [6, 6.07) is 10.4. The van der Waals surface area contributed by atoms with Gasteiger partial charge in [-0.25, -0.2) is 4.39 Å². The highest BCUT2D eigenvalue weighted by Crippen LogP contribution is 2.36. The first kappa shape index (κ1) is 21.9. The molecule has 0 fully saturated rings. The summed E-state index contributed by atoms with van der Waals surface area (Å²) in [5, 5.41) is 16.9. The monoisotopic (exact) mass is 448 g/mol. The van der Waals surface area contributed by atoms with Gasteiger partial charge in [-0.3, -0.25) is 19.7 Å². The number of anilines is 1. The highest BCUT2D eigenvalue weighted by Gasteiger charge is 2.27. The Morgan fingerprint density at radius 2 is 1.88 bits per heavy atom. The van der Waals surface area contributed by atoms with Gasteiger partial charge in [0.25, 0.3) is 17.5 Å². The number of aryl methyl sites for hydroxylation is 1. The molecular weight excluding hydrogens is 427 g/mol. The normalized spacial score (nSPS) is 14.7. The smallest absolute Gasteiger partial charge is 0.293 e. The third-order valence-electron chi connectivity index (χ3n) is 5.69. The van der Waals surface area contributed by atoms with E-state index in [1.54, 1.807) is 57.2 Å². The van der Waals surface area contributed by atoms with E-state index in [0.29, 0.717) is 39.3 Å². The van der Waals surface area contributed by atoms with E-state index in [1.807, 2.05) is 0 Å². The number of hydrogen-bond donors (Lipinski definition) is 3. The third-order valence-corrected chi connectivity index (χ3v) is 5.69. The molecule has 2 amide bonds. The van der Waals surface area contributed by atoms with Crippen LogP contribution in [0.25, 0.3) is 11.6 Å². The number of carbonyl (C=O) groups excluding carboxylic acids is 2. The maximum absolute atomic E-state index is 13.2. The zero-order chi connectivity index (χ0) is 23.9. The van der Waals surface area contributed by atoms with Crippen molar-refractivity contribution in [3.63, 3.8) is 0 Å². The summed E-state index contributed by atoms with van der Waals surface area (Å²) in [6.45, 7) is 5.00. The first-order valence-corrected chi connectivity index (χ1v) is 10.2. The third kappa shape index (κ3) is 4.12. The molecule has 0 unspecified atom stereocenters. The summed E-state index contributed by atoms with van der Waals surface area (Å²) in [7, 11) is 0. The van der Waals surface area contributed by atoms with Crippen molar-refractivity contribution >= 4 is 34.8 Å². The average Bonchev–Trinajstić information content (AvgIpc) is 3.23. The number of rotatable bonds is 5. The average molecular weight is 448 g/mol. The van der Waals surface area contributed by atoms with Gasteiger partial charge in [-0.2, -0.15) is 0 Å². The minimum Gasteiger partial charge on any atom is -0.353 e. The van der Waals surface area contributed by atoms with E-state index >= 15 is 0 Å². The number of halogens is 1. The Bertz CT molecular complexity index is 1320. The number of nitrogens with zero attached hydrogens (tertiary/aromatic N) is 1. The number of carbonyl (C=O) groups is 2. The van der Waals surface area contributed by atoms with Crippen molar-refractivity contribution in [2.45, 2.75) is 26.8 Å². The van der Waals surface area contributed by atoms with Gasteiger partial charge in [-0.1, -0.05) is 12.1 Å². The number of fused-ring (bicyclic) bond motifs is 1. The fraction of sp³-hybridized carbons (Fsp3) is 0.167. The molecule has 33 heavy (non-hydrogen) atoms. The van der Waals surface area contributed by atoms with Gasteiger partial charge in [0.1, 0.15) is 5.82 Å². The summed E-state index contributed by atoms with van der Waals surface area (Å²) in [5.74, 6) is -1.07. The maximum Gasteiger partial charge on any atom is 0.293 e. The Kier molecular flexibility index (Phi) is 5.55. The van der Waals surface area contributed by atoms with Gasteiger partial charge in [-0.15, -0.1) is 0 Å². The molecule has 1 aliphatic rings. The van der Waals surface area contributed by atoms with Crippen molar-refractivity contribution in [3.8, 4) is 0 Å². The highest BCUT2D eigenvalue weighted by atomic mass is 19.1. The summed E-state index contributed by atoms with van der Waals surface area (Å²) in [4.78, 5) is 39.2. The van der Waals surface area contributed by atoms with Crippen LogP contribution in [0.15, 0.2) is 42.5 Å². The molecule has 0 bridgehead atoms. The van der Waals surface area contributed by atoms with Gasteiger partial charge in [0.2, 0.25) is 0 Å². The van der Waals surface area contributed by atoms with E-state index < -0.39 is 4.92 Å². The van der Waals surface area contributed by atoms with Crippen LogP contribution in [0.5, 0.6) is 0 Å². The number of nitrogens with one attached hydrogen (secondary N) is 3. The number of amides is 2. The topological polar surface area (TPSA) is 117 Å². The van der Waals surface area contributed by atoms with Crippen molar-refractivity contribution in [3.05, 3.63) is 92.0 Å². The molecule has 0 saturated heterocycles. The zero-order valence-corrected chi connectivity index (χ0v) is 18.2. The minimum absolute atomic E-state index is 0.0246. The van der Waals surface area contributed by atoms with Crippen LogP contribution in [0.3, 0.4) is 0 Å². The molecule has 9 heteroatoms. The van der Waals surface area contributed by atoms with Gasteiger partial charge in [-0.05, 0) is 62.7 Å². The molecule has 0 saturated carbocycles. The van der Waals surface area contributed by atoms with Crippen LogP contribution >= 0.6 is 0 Å². The first-order chi connectivity index (χ1) is 15.7. The SMILES string of the molecule is Cc1[nH]c(/C=C2\C(=O)Nc3ccc(C(=O)N[C@H](C)c4ccc(F)cc4)cc32)c(C)c1[N+](=O)[O-]. The van der Waals surface area contributed by atoms with E-state index in [1.165, 1.54) is 12.1 Å². The number of nitro groups is 1. The molecule has 3 N–H and O–H groups in total. The van der Waals surface area contributed by atoms with Gasteiger partial charge in [0, 0.05) is 22.5 Å². The number of H-pyrrole nitrogens is 1. The highest BCUT2D eigenvalue weighted by molar-refractivity contribution is 6.35. The quantitative estimate of drug-likeness (QED) is 0.299. The Labute approximate surface area is 188 Å². The van der Waals surface area contributed by atoms with Crippen molar-refractivity contribution in [2.75, 3.05) is 5.32 Å². The second-order valence-corrected chi connectivity index (χ2v) is 7.91. The molecule has 168 valence electrons. The lowest BCUT2D eigenvalue weighted by atomic mass is 10.0. The fourth-order valence-corrected chi connectivity index (χ4v) is 3.91. The molecule has 1 aromatic heterocycles. The van der Waals surface area contributed by atoms with Crippen LogP contribution in [0, 0.1) is 29.8 Å². The van der Waals surface area contributed by atoms with Crippen LogP contribution < -0.4 is 10.6 Å². The number of aromatic amines is 1. The molecule has 2 heterocycles. The fourth-order valence-electron chi connectivity index (χ4n) is 3.91. The van der Waals surface area contributed by atoms with Gasteiger partial charge >= 0.3 is 0 Å². The zero-order valence-electron chi connectivity index (χ0n) is 18.2. The summed E-state index contributed by atoms with van der Waals surface area (Å²) >= 11 is 0. The van der Waals surface area contributed by atoms with Crippen LogP contribution in [0.4, 0.5) is 15.8 Å². The van der Waals surface area contributed by atoms with Crippen LogP contribution in [0.2, 0.25) is 0 Å². The summed E-state index contributed by atoms with van der Waals surface area (Å²) < 4.78 is 13.2. The van der Waals surface area contributed by atoms with Crippen LogP contribution in [0.1, 0.15) is 51.4 Å². The first-order valence-electron chi connectivity index (χ1n) is 10.2. The predicted molar refractivity (Wildman–Crippen MR) is 122 cm³/mol. The minimum atomic E-state index is -0.462. The van der Waals surface area contributed by atoms with E-state index in [-0.39, 0.29) is 29.4 Å².